The lowest BCUT2D eigenvalue weighted by atomic mass is 9.72. The fourth-order valence-electron chi connectivity index (χ4n) is 5.93. The van der Waals surface area contributed by atoms with E-state index < -0.39 is 0 Å². The van der Waals surface area contributed by atoms with Crippen LogP contribution in [0.5, 0.6) is 0 Å². The molecule has 2 aromatic carbocycles. The van der Waals surface area contributed by atoms with E-state index in [1.807, 2.05) is 33.9 Å². The minimum Gasteiger partial charge on any atom is -0.335 e. The Morgan fingerprint density at radius 2 is 1.79 bits per heavy atom. The van der Waals surface area contributed by atoms with E-state index in [2.05, 4.69) is 118 Å². The molecule has 0 unspecified atom stereocenters. The van der Waals surface area contributed by atoms with Crippen LogP contribution in [0.1, 0.15) is 65.3 Å². The summed E-state index contributed by atoms with van der Waals surface area (Å²) < 4.78 is 3.91. The number of unbranched alkanes of at least 4 members (excludes halogenated alkanes) is 1. The van der Waals surface area contributed by atoms with Gasteiger partial charge in [0, 0.05) is 39.8 Å². The predicted octanol–water partition coefficient (Wildman–Crippen LogP) is 12.0. The number of aryl methyl sites for hydroxylation is 1. The molecule has 2 heterocycles. The van der Waals surface area contributed by atoms with Crippen molar-refractivity contribution in [3.8, 4) is 0 Å². The average Bonchev–Trinajstić information content (AvgIpc) is 3.50. The maximum atomic E-state index is 3.94. The fourth-order valence-corrected chi connectivity index (χ4v) is 9.69. The number of fused-ring (bicyclic) bond motifs is 2. The number of nitrogens with zero attached hydrogens (tertiary/aromatic N) is 2. The van der Waals surface area contributed by atoms with E-state index in [-0.39, 0.29) is 5.41 Å². The molecule has 3 aromatic rings. The predicted molar refractivity (Wildman–Crippen MR) is 195 cm³/mol. The van der Waals surface area contributed by atoms with Crippen molar-refractivity contribution in [2.75, 3.05) is 11.4 Å². The summed E-state index contributed by atoms with van der Waals surface area (Å²) in [6, 6.07) is 13.5. The normalized spacial score (nSPS) is 18.4. The van der Waals surface area contributed by atoms with Crippen molar-refractivity contribution in [2.45, 2.75) is 81.5 Å². The molecule has 0 saturated carbocycles. The molecule has 1 aliphatic carbocycles. The maximum absolute atomic E-state index is 3.94. The van der Waals surface area contributed by atoms with Gasteiger partial charge in [-0.15, -0.1) is 0 Å². The Labute approximate surface area is 275 Å². The Hall–Kier alpha value is -2.38. The van der Waals surface area contributed by atoms with Crippen LogP contribution in [0.15, 0.2) is 115 Å². The van der Waals surface area contributed by atoms with E-state index in [1.165, 1.54) is 70.2 Å². The van der Waals surface area contributed by atoms with E-state index in [0.29, 0.717) is 0 Å². The second-order valence-electron chi connectivity index (χ2n) is 11.8. The average molecular weight is 644 g/mol. The number of rotatable bonds is 11. The third kappa shape index (κ3) is 7.14. The highest BCUT2D eigenvalue weighted by molar-refractivity contribution is 8.05. The summed E-state index contributed by atoms with van der Waals surface area (Å²) in [4.78, 5) is 6.19. The molecule has 0 spiro atoms. The Morgan fingerprint density at radius 1 is 1.05 bits per heavy atom. The molecule has 6 heteroatoms. The zero-order valence-corrected chi connectivity index (χ0v) is 29.4. The van der Waals surface area contributed by atoms with Crippen LogP contribution in [0.2, 0.25) is 0 Å². The van der Waals surface area contributed by atoms with Crippen molar-refractivity contribution in [3.05, 3.63) is 105 Å². The summed E-state index contributed by atoms with van der Waals surface area (Å²) in [6.45, 7) is 21.5. The second-order valence-corrected chi connectivity index (χ2v) is 15.9. The lowest BCUT2D eigenvalue weighted by molar-refractivity contribution is -0.669. The molecule has 224 valence electrons. The molecule has 2 aliphatic rings. The van der Waals surface area contributed by atoms with Crippen molar-refractivity contribution in [2.24, 2.45) is 5.41 Å². The first-order chi connectivity index (χ1) is 20.8. The monoisotopic (exact) mass is 643 g/mol. The maximum Gasteiger partial charge on any atom is 0.263 e. The Balaban J connectivity index is 1.46. The summed E-state index contributed by atoms with van der Waals surface area (Å²) in [6.07, 6.45) is 14.0. The standard InChI is InChI=1S/C37H43N2S4/c1-8-12-20-39-29-17-13-14-18-31(29)42-36(39)21-28-25-37(6,7)24-27(26(28)5)16-15-19-35-38(9-2)30-22-33(40-10-3)34(41-11-4)23-32(30)43-35/h10-11,13-19,21-23H,3-4,8-9,12,20,24-25H2,1-2,5-7H3/q+1. The van der Waals surface area contributed by atoms with Gasteiger partial charge in [0.15, 0.2) is 6.54 Å². The molecular weight excluding hydrogens is 601 g/mol. The largest absolute Gasteiger partial charge is 0.335 e. The molecular formula is C37H43N2S4+. The molecule has 1 aliphatic heterocycles. The summed E-state index contributed by atoms with van der Waals surface area (Å²) in [5.41, 5.74) is 7.20. The molecule has 0 saturated heterocycles. The third-order valence-corrected chi connectivity index (χ3v) is 11.9. The number of thioether (sulfide) groups is 3. The second kappa shape index (κ2) is 14.2. The van der Waals surface area contributed by atoms with Crippen molar-refractivity contribution in [1.29, 1.82) is 0 Å². The number of allylic oxidation sites excluding steroid dienone is 6. The van der Waals surface area contributed by atoms with Crippen LogP contribution in [0.25, 0.3) is 16.3 Å². The van der Waals surface area contributed by atoms with Crippen LogP contribution in [0, 0.1) is 5.41 Å². The molecule has 2 nitrogen and oxygen atoms in total. The van der Waals surface area contributed by atoms with Gasteiger partial charge >= 0.3 is 0 Å². The molecule has 0 bridgehead atoms. The quantitative estimate of drug-likeness (QED) is 0.151. The number of thiazole rings is 1. The van der Waals surface area contributed by atoms with Crippen LogP contribution in [-0.2, 0) is 6.54 Å². The van der Waals surface area contributed by atoms with Crippen LogP contribution < -0.4 is 9.47 Å². The topological polar surface area (TPSA) is 7.12 Å². The molecule has 43 heavy (non-hydrogen) atoms. The number of anilines is 1. The van der Waals surface area contributed by atoms with E-state index in [1.54, 1.807) is 23.5 Å². The zero-order chi connectivity index (χ0) is 30.6. The van der Waals surface area contributed by atoms with Gasteiger partial charge < -0.3 is 4.90 Å². The smallest absolute Gasteiger partial charge is 0.263 e. The first-order valence-electron chi connectivity index (χ1n) is 15.2. The number of benzene rings is 2. The van der Waals surface area contributed by atoms with Crippen LogP contribution in [-0.4, -0.2) is 6.54 Å². The summed E-state index contributed by atoms with van der Waals surface area (Å²) in [7, 11) is 0. The van der Waals surface area contributed by atoms with E-state index in [0.717, 1.165) is 25.9 Å². The number of aromatic nitrogens is 1. The SMILES string of the molecule is C=CSc1cc2c(cc1SC=C)N(CC)C(=CC=CC1=C(C)C(=Cc3sc4ccccc4[n+]3CCCC)CC(C)(C)C1)S2. The van der Waals surface area contributed by atoms with E-state index in [9.17, 15) is 0 Å². The number of hydrogen-bond acceptors (Lipinski definition) is 5. The highest BCUT2D eigenvalue weighted by atomic mass is 32.2. The van der Waals surface area contributed by atoms with Gasteiger partial charge in [0.25, 0.3) is 5.01 Å². The minimum absolute atomic E-state index is 0.218. The first-order valence-corrected chi connectivity index (χ1v) is 18.6. The Bertz CT molecular complexity index is 1650. The third-order valence-electron chi connectivity index (χ3n) is 8.04. The van der Waals surface area contributed by atoms with E-state index in [4.69, 9.17) is 0 Å². The molecule has 0 fully saturated rings. The molecule has 5 rings (SSSR count). The lowest BCUT2D eigenvalue weighted by Gasteiger charge is -2.33. The zero-order valence-electron chi connectivity index (χ0n) is 26.1. The Morgan fingerprint density at radius 3 is 2.51 bits per heavy atom. The van der Waals surface area contributed by atoms with Gasteiger partial charge in [0.1, 0.15) is 4.70 Å². The highest BCUT2D eigenvalue weighted by Crippen LogP contribution is 2.50. The van der Waals surface area contributed by atoms with Crippen molar-refractivity contribution in [3.63, 3.8) is 0 Å². The molecule has 0 radical (unpaired) electrons. The van der Waals surface area contributed by atoms with Crippen LogP contribution >= 0.6 is 46.6 Å². The summed E-state index contributed by atoms with van der Waals surface area (Å²) in [5, 5.41) is 6.45. The lowest BCUT2D eigenvalue weighted by Crippen LogP contribution is -2.35. The van der Waals surface area contributed by atoms with Crippen molar-refractivity contribution < 1.29 is 4.57 Å². The van der Waals surface area contributed by atoms with Crippen LogP contribution in [0.4, 0.5) is 5.69 Å². The van der Waals surface area contributed by atoms with Gasteiger partial charge in [-0.05, 0) is 83.9 Å². The fraction of sp³-hybridized carbons (Fsp3) is 0.324. The molecule has 0 N–H and O–H groups in total. The highest BCUT2D eigenvalue weighted by Gasteiger charge is 2.30. The summed E-state index contributed by atoms with van der Waals surface area (Å²) >= 11 is 7.14. The van der Waals surface area contributed by atoms with Gasteiger partial charge in [-0.25, -0.2) is 0 Å². The van der Waals surface area contributed by atoms with Crippen molar-refractivity contribution in [1.82, 2.24) is 0 Å². The number of hydrogen-bond donors (Lipinski definition) is 0. The van der Waals surface area contributed by atoms with Crippen LogP contribution in [0.3, 0.4) is 0 Å². The van der Waals surface area contributed by atoms with Gasteiger partial charge in [0.2, 0.25) is 5.52 Å². The molecule has 1 aromatic heterocycles. The minimum atomic E-state index is 0.218. The van der Waals surface area contributed by atoms with Gasteiger partial charge in [-0.3, -0.25) is 0 Å². The van der Waals surface area contributed by atoms with Gasteiger partial charge in [0.05, 0.1) is 10.7 Å². The summed E-state index contributed by atoms with van der Waals surface area (Å²) in [5.74, 6) is 0. The van der Waals surface area contributed by atoms with Gasteiger partial charge in [-0.1, -0.05) is 111 Å². The molecule has 0 amide bonds. The molecule has 0 atom stereocenters. The number of para-hydroxylation sites is 1. The van der Waals surface area contributed by atoms with E-state index >= 15 is 0 Å². The van der Waals surface area contributed by atoms with Crippen molar-refractivity contribution >= 4 is 68.6 Å². The first kappa shape index (κ1) is 32.0. The van der Waals surface area contributed by atoms with Gasteiger partial charge in [-0.2, -0.15) is 4.57 Å². The Kier molecular flexibility index (Phi) is 10.5.